The molecule has 15 heavy (non-hydrogen) atoms. The van der Waals surface area contributed by atoms with E-state index in [0.717, 1.165) is 17.2 Å². The fourth-order valence-electron chi connectivity index (χ4n) is 1.30. The molecule has 1 aromatic carbocycles. The minimum Gasteiger partial charge on any atom is -0.356 e. The number of hydrogen-bond acceptors (Lipinski definition) is 3. The Kier molecular flexibility index (Phi) is 2.50. The zero-order valence-corrected chi connectivity index (χ0v) is 8.91. The van der Waals surface area contributed by atoms with Gasteiger partial charge in [0.25, 0.3) is 10.1 Å². The summed E-state index contributed by atoms with van der Waals surface area (Å²) < 4.78 is 26.1. The Hall–Kier alpha value is -1.33. The second-order valence-electron chi connectivity index (χ2n) is 3.23. The van der Waals surface area contributed by atoms with Gasteiger partial charge in [-0.05, 0) is 17.5 Å². The lowest BCUT2D eigenvalue weighted by Gasteiger charge is -1.96. The predicted molar refractivity (Wildman–Crippen MR) is 57.6 cm³/mol. The van der Waals surface area contributed by atoms with Crippen LogP contribution >= 0.6 is 0 Å². The molecule has 0 bridgehead atoms. The molecule has 2 aromatic rings. The number of aromatic nitrogens is 1. The van der Waals surface area contributed by atoms with Crippen LogP contribution in [0.1, 0.15) is 5.69 Å². The molecule has 0 atom stereocenters. The zero-order valence-electron chi connectivity index (χ0n) is 8.10. The third-order valence-electron chi connectivity index (χ3n) is 1.90. The highest BCUT2D eigenvalue weighted by molar-refractivity contribution is 7.86. The molecule has 0 fully saturated rings. The first-order valence-electron chi connectivity index (χ1n) is 4.34. The van der Waals surface area contributed by atoms with E-state index < -0.39 is 10.1 Å². The maximum absolute atomic E-state index is 10.8. The van der Waals surface area contributed by atoms with Gasteiger partial charge in [-0.25, -0.2) is 0 Å². The average Bonchev–Trinajstić information content (AvgIpc) is 2.56. The Bertz CT molecular complexity index is 538. The van der Waals surface area contributed by atoms with Crippen LogP contribution in [0, 0.1) is 6.61 Å². The van der Waals surface area contributed by atoms with Gasteiger partial charge in [0.2, 0.25) is 0 Å². The second-order valence-corrected chi connectivity index (χ2v) is 4.83. The summed E-state index contributed by atoms with van der Waals surface area (Å²) in [6.07, 6.45) is 1.01. The monoisotopic (exact) mass is 224 g/mol. The van der Waals surface area contributed by atoms with Gasteiger partial charge in [-0.15, -0.1) is 0 Å². The summed E-state index contributed by atoms with van der Waals surface area (Å²) in [5.74, 6) is 0. The fraction of sp³-hybridized carbons (Fsp3) is 0.100. The fourth-order valence-corrected chi connectivity index (χ4v) is 1.58. The first-order chi connectivity index (χ1) is 7.04. The molecule has 0 unspecified atom stereocenters. The number of aromatic amines is 1. The SMILES string of the molecule is CS(=O)(=O)O[CH]c1cc2ccccc2[nH]1. The Morgan fingerprint density at radius 1 is 1.33 bits per heavy atom. The Labute approximate surface area is 88.0 Å². The van der Waals surface area contributed by atoms with Crippen molar-refractivity contribution in [1.29, 1.82) is 0 Å². The number of fused-ring (bicyclic) bond motifs is 1. The first kappa shape index (κ1) is 10.2. The van der Waals surface area contributed by atoms with Gasteiger partial charge in [-0.2, -0.15) is 8.42 Å². The molecule has 1 N–H and O–H groups in total. The summed E-state index contributed by atoms with van der Waals surface area (Å²) in [6, 6.07) is 9.48. The number of hydrogen-bond donors (Lipinski definition) is 1. The second kappa shape index (κ2) is 3.67. The van der Waals surface area contributed by atoms with Crippen LogP contribution in [0.2, 0.25) is 0 Å². The molecule has 0 aliphatic heterocycles. The molecule has 1 aromatic heterocycles. The molecule has 79 valence electrons. The van der Waals surface area contributed by atoms with Crippen molar-refractivity contribution in [3.8, 4) is 0 Å². The number of benzene rings is 1. The normalized spacial score (nSPS) is 12.1. The molecule has 0 aliphatic carbocycles. The van der Waals surface area contributed by atoms with Crippen molar-refractivity contribution in [2.45, 2.75) is 0 Å². The minimum atomic E-state index is -3.44. The van der Waals surface area contributed by atoms with E-state index in [4.69, 9.17) is 0 Å². The third kappa shape index (κ3) is 2.57. The highest BCUT2D eigenvalue weighted by Crippen LogP contribution is 2.16. The molecule has 0 amide bonds. The van der Waals surface area contributed by atoms with Crippen molar-refractivity contribution in [2.75, 3.05) is 6.26 Å². The van der Waals surface area contributed by atoms with Crippen LogP contribution in [0.15, 0.2) is 30.3 Å². The lowest BCUT2D eigenvalue weighted by atomic mass is 10.2. The van der Waals surface area contributed by atoms with Crippen LogP contribution in [-0.2, 0) is 14.3 Å². The van der Waals surface area contributed by atoms with Crippen LogP contribution in [0.5, 0.6) is 0 Å². The van der Waals surface area contributed by atoms with Gasteiger partial charge in [0.05, 0.1) is 6.26 Å². The molecule has 1 heterocycles. The highest BCUT2D eigenvalue weighted by atomic mass is 32.2. The van der Waals surface area contributed by atoms with E-state index in [9.17, 15) is 8.42 Å². The maximum atomic E-state index is 10.8. The van der Waals surface area contributed by atoms with Crippen LogP contribution in [0.25, 0.3) is 10.9 Å². The van der Waals surface area contributed by atoms with E-state index in [1.807, 2.05) is 30.3 Å². The molecule has 4 nitrogen and oxygen atoms in total. The van der Waals surface area contributed by atoms with Gasteiger partial charge >= 0.3 is 0 Å². The quantitative estimate of drug-likeness (QED) is 0.806. The van der Waals surface area contributed by atoms with E-state index in [1.54, 1.807) is 0 Å². The van der Waals surface area contributed by atoms with Crippen molar-refractivity contribution in [3.63, 3.8) is 0 Å². The first-order valence-corrected chi connectivity index (χ1v) is 6.15. The topological polar surface area (TPSA) is 59.2 Å². The summed E-state index contributed by atoms with van der Waals surface area (Å²) in [6.45, 7) is 1.19. The van der Waals surface area contributed by atoms with Crippen LogP contribution in [-0.4, -0.2) is 19.7 Å². The number of rotatable bonds is 3. The van der Waals surface area contributed by atoms with Crippen LogP contribution < -0.4 is 0 Å². The third-order valence-corrected chi connectivity index (χ3v) is 2.35. The lowest BCUT2D eigenvalue weighted by molar-refractivity contribution is 0.411. The molecule has 5 heteroatoms. The smallest absolute Gasteiger partial charge is 0.265 e. The Balaban J connectivity index is 2.23. The van der Waals surface area contributed by atoms with Crippen molar-refractivity contribution in [2.24, 2.45) is 0 Å². The number of nitrogens with one attached hydrogen (secondary N) is 1. The molecule has 1 radical (unpaired) electrons. The van der Waals surface area contributed by atoms with Crippen molar-refractivity contribution >= 4 is 21.0 Å². The Morgan fingerprint density at radius 3 is 2.73 bits per heavy atom. The van der Waals surface area contributed by atoms with Gasteiger partial charge in [0.15, 0.2) is 0 Å². The van der Waals surface area contributed by atoms with Crippen LogP contribution in [0.4, 0.5) is 0 Å². The minimum absolute atomic E-state index is 0.627. The summed E-state index contributed by atoms with van der Waals surface area (Å²) in [4.78, 5) is 3.02. The van der Waals surface area contributed by atoms with Gasteiger partial charge in [-0.1, -0.05) is 18.2 Å². The summed E-state index contributed by atoms with van der Waals surface area (Å²) in [5, 5.41) is 1.01. The van der Waals surface area contributed by atoms with E-state index in [-0.39, 0.29) is 0 Å². The number of para-hydroxylation sites is 1. The van der Waals surface area contributed by atoms with E-state index in [0.29, 0.717) is 5.69 Å². The van der Waals surface area contributed by atoms with E-state index in [2.05, 4.69) is 9.17 Å². The zero-order chi connectivity index (χ0) is 10.9. The van der Waals surface area contributed by atoms with Gasteiger partial charge < -0.3 is 4.98 Å². The van der Waals surface area contributed by atoms with E-state index in [1.165, 1.54) is 6.61 Å². The lowest BCUT2D eigenvalue weighted by Crippen LogP contribution is -2.00. The summed E-state index contributed by atoms with van der Waals surface area (Å²) in [7, 11) is -3.44. The number of H-pyrrole nitrogens is 1. The van der Waals surface area contributed by atoms with Crippen molar-refractivity contribution < 1.29 is 12.6 Å². The molecule has 0 aliphatic rings. The van der Waals surface area contributed by atoms with Gasteiger partial charge in [0, 0.05) is 11.2 Å². The van der Waals surface area contributed by atoms with Crippen molar-refractivity contribution in [3.05, 3.63) is 42.6 Å². The summed E-state index contributed by atoms with van der Waals surface area (Å²) in [5.41, 5.74) is 1.57. The van der Waals surface area contributed by atoms with E-state index >= 15 is 0 Å². The molecule has 0 spiro atoms. The molecule has 0 saturated heterocycles. The van der Waals surface area contributed by atoms with Gasteiger partial charge in [0.1, 0.15) is 6.61 Å². The molecule has 2 rings (SSSR count). The maximum Gasteiger partial charge on any atom is 0.265 e. The largest absolute Gasteiger partial charge is 0.356 e. The summed E-state index contributed by atoms with van der Waals surface area (Å²) >= 11 is 0. The Morgan fingerprint density at radius 2 is 2.07 bits per heavy atom. The standard InChI is InChI=1S/C10H10NO3S/c1-15(12,13)14-7-9-6-8-4-2-3-5-10(8)11-9/h2-7,11H,1H3. The highest BCUT2D eigenvalue weighted by Gasteiger charge is 2.05. The van der Waals surface area contributed by atoms with Gasteiger partial charge in [-0.3, -0.25) is 4.18 Å². The molecule has 0 saturated carbocycles. The predicted octanol–water partition coefficient (Wildman–Crippen LogP) is 1.65. The molecular weight excluding hydrogens is 214 g/mol. The molecular formula is C10H10NO3S. The average molecular weight is 224 g/mol. The van der Waals surface area contributed by atoms with Crippen molar-refractivity contribution in [1.82, 2.24) is 4.98 Å². The van der Waals surface area contributed by atoms with Crippen LogP contribution in [0.3, 0.4) is 0 Å².